The monoisotopic (exact) mass is 556 g/mol. The van der Waals surface area contributed by atoms with Crippen LogP contribution in [0.2, 0.25) is 0 Å². The third-order valence-electron chi connectivity index (χ3n) is 8.01. The lowest BCUT2D eigenvalue weighted by Gasteiger charge is -2.25. The van der Waals surface area contributed by atoms with E-state index in [9.17, 15) is 19.2 Å². The van der Waals surface area contributed by atoms with Gasteiger partial charge >= 0.3 is 0 Å². The molecule has 0 spiro atoms. The summed E-state index contributed by atoms with van der Waals surface area (Å²) >= 11 is 0. The van der Waals surface area contributed by atoms with E-state index in [-0.39, 0.29) is 56.6 Å². The molecule has 1 aromatic heterocycles. The quantitative estimate of drug-likeness (QED) is 0.560. The van der Waals surface area contributed by atoms with E-state index in [0.29, 0.717) is 17.5 Å². The second kappa shape index (κ2) is 12.6. The molecule has 3 heterocycles. The number of amides is 2. The molecule has 4 rings (SSSR count). The van der Waals surface area contributed by atoms with Gasteiger partial charge in [-0.25, -0.2) is 4.39 Å². The van der Waals surface area contributed by atoms with Gasteiger partial charge < -0.3 is 15.0 Å². The Bertz CT molecular complexity index is 1290. The number of carbonyl (C=O) groups excluding carboxylic acids is 4. The SMILES string of the molecule is COC[C@@H](C)NC(=O)[C@@H]1C[C@]2(F)CCC(=O)CCCCCCc3cc(C)cc4c(C(C)=O)nn(c34)CC(=O)N1C2. The van der Waals surface area contributed by atoms with Crippen LogP contribution >= 0.6 is 0 Å². The zero-order chi connectivity index (χ0) is 29.0. The molecule has 0 saturated carbocycles. The van der Waals surface area contributed by atoms with Crippen molar-refractivity contribution in [2.24, 2.45) is 0 Å². The maximum absolute atomic E-state index is 16.2. The molecule has 2 aliphatic rings. The number of nitrogens with one attached hydrogen (secondary N) is 1. The van der Waals surface area contributed by atoms with Crippen LogP contribution in [0.5, 0.6) is 0 Å². The van der Waals surface area contributed by atoms with Crippen molar-refractivity contribution in [3.8, 4) is 0 Å². The molecular weight excluding hydrogens is 515 g/mol. The summed E-state index contributed by atoms with van der Waals surface area (Å²) in [4.78, 5) is 53.4. The third kappa shape index (κ3) is 6.77. The molecular formula is C30H41FN4O5. The van der Waals surface area contributed by atoms with Gasteiger partial charge in [0.05, 0.1) is 18.7 Å². The molecule has 0 unspecified atom stereocenters. The fourth-order valence-electron chi connectivity index (χ4n) is 6.07. The van der Waals surface area contributed by atoms with Crippen molar-refractivity contribution in [1.82, 2.24) is 20.0 Å². The number of fused-ring (bicyclic) bond motifs is 2. The van der Waals surface area contributed by atoms with Crippen molar-refractivity contribution < 1.29 is 28.3 Å². The molecule has 1 fully saturated rings. The molecule has 2 aliphatic heterocycles. The van der Waals surface area contributed by atoms with E-state index < -0.39 is 23.5 Å². The molecule has 2 amide bonds. The van der Waals surface area contributed by atoms with Gasteiger partial charge in [-0.1, -0.05) is 24.5 Å². The molecule has 0 radical (unpaired) electrons. The molecule has 3 atom stereocenters. The Labute approximate surface area is 234 Å². The fraction of sp³-hybridized carbons (Fsp3) is 0.633. The molecule has 1 saturated heterocycles. The Kier molecular flexibility index (Phi) is 9.38. The third-order valence-corrected chi connectivity index (χ3v) is 8.01. The number of benzene rings is 1. The van der Waals surface area contributed by atoms with Gasteiger partial charge in [0, 0.05) is 44.7 Å². The first-order chi connectivity index (χ1) is 19.0. The first-order valence-electron chi connectivity index (χ1n) is 14.3. The van der Waals surface area contributed by atoms with Crippen LogP contribution in [-0.4, -0.2) is 76.1 Å². The Morgan fingerprint density at radius 1 is 1.18 bits per heavy atom. The minimum atomic E-state index is -1.86. The summed E-state index contributed by atoms with van der Waals surface area (Å²) in [5, 5.41) is 8.07. The number of carbonyl (C=O) groups is 4. The van der Waals surface area contributed by atoms with E-state index in [0.717, 1.165) is 48.7 Å². The Morgan fingerprint density at radius 2 is 1.90 bits per heavy atom. The average Bonchev–Trinajstić information content (AvgIpc) is 3.43. The minimum Gasteiger partial charge on any atom is -0.383 e. The van der Waals surface area contributed by atoms with Crippen LogP contribution in [-0.2, 0) is 32.1 Å². The average molecular weight is 557 g/mol. The van der Waals surface area contributed by atoms with Gasteiger partial charge in [-0.05, 0) is 51.2 Å². The minimum absolute atomic E-state index is 0.0122. The lowest BCUT2D eigenvalue weighted by molar-refractivity contribution is -0.139. The highest BCUT2D eigenvalue weighted by Gasteiger charge is 2.49. The zero-order valence-electron chi connectivity index (χ0n) is 24.1. The van der Waals surface area contributed by atoms with Crippen LogP contribution in [0.15, 0.2) is 12.1 Å². The van der Waals surface area contributed by atoms with Crippen molar-refractivity contribution in [2.75, 3.05) is 20.3 Å². The highest BCUT2D eigenvalue weighted by molar-refractivity contribution is 6.06. The van der Waals surface area contributed by atoms with Crippen molar-refractivity contribution in [2.45, 2.75) is 103 Å². The molecule has 10 heteroatoms. The number of aromatic nitrogens is 2. The van der Waals surface area contributed by atoms with Gasteiger partial charge in [0.15, 0.2) is 5.78 Å². The van der Waals surface area contributed by atoms with Gasteiger partial charge in [0.25, 0.3) is 0 Å². The van der Waals surface area contributed by atoms with E-state index in [2.05, 4.69) is 16.5 Å². The number of alkyl halides is 1. The maximum Gasteiger partial charge on any atom is 0.245 e. The second-order valence-corrected chi connectivity index (χ2v) is 11.6. The molecule has 1 aromatic carbocycles. The smallest absolute Gasteiger partial charge is 0.245 e. The van der Waals surface area contributed by atoms with Crippen LogP contribution in [0.3, 0.4) is 0 Å². The summed E-state index contributed by atoms with van der Waals surface area (Å²) in [6.07, 6.45) is 4.49. The maximum atomic E-state index is 16.2. The fourth-order valence-corrected chi connectivity index (χ4v) is 6.07. The lowest BCUT2D eigenvalue weighted by Crippen LogP contribution is -2.49. The van der Waals surface area contributed by atoms with Crippen LogP contribution in [0, 0.1) is 6.92 Å². The van der Waals surface area contributed by atoms with E-state index >= 15 is 4.39 Å². The largest absolute Gasteiger partial charge is 0.383 e. The Hall–Kier alpha value is -3.14. The summed E-state index contributed by atoms with van der Waals surface area (Å²) in [5.74, 6) is -1.10. The summed E-state index contributed by atoms with van der Waals surface area (Å²) in [5.41, 5.74) is 1.15. The molecule has 0 aliphatic carbocycles. The number of ketones is 2. The number of ether oxygens (including phenoxy) is 1. The van der Waals surface area contributed by atoms with Crippen LogP contribution < -0.4 is 5.32 Å². The van der Waals surface area contributed by atoms with E-state index in [1.165, 1.54) is 18.9 Å². The van der Waals surface area contributed by atoms with E-state index in [4.69, 9.17) is 4.74 Å². The van der Waals surface area contributed by atoms with Crippen molar-refractivity contribution in [1.29, 1.82) is 0 Å². The summed E-state index contributed by atoms with van der Waals surface area (Å²) in [6, 6.07) is 2.62. The Morgan fingerprint density at radius 3 is 2.60 bits per heavy atom. The molecule has 218 valence electrons. The van der Waals surface area contributed by atoms with Gasteiger partial charge in [-0.3, -0.25) is 23.9 Å². The summed E-state index contributed by atoms with van der Waals surface area (Å²) in [7, 11) is 1.52. The molecule has 9 nitrogen and oxygen atoms in total. The zero-order valence-corrected chi connectivity index (χ0v) is 24.1. The number of halogens is 1. The Balaban J connectivity index is 1.73. The highest BCUT2D eigenvalue weighted by Crippen LogP contribution is 2.36. The highest BCUT2D eigenvalue weighted by atomic mass is 19.1. The summed E-state index contributed by atoms with van der Waals surface area (Å²) in [6.45, 7) is 4.96. The van der Waals surface area contributed by atoms with Crippen LogP contribution in [0.25, 0.3) is 10.9 Å². The number of methoxy groups -OCH3 is 1. The second-order valence-electron chi connectivity index (χ2n) is 11.6. The summed E-state index contributed by atoms with van der Waals surface area (Å²) < 4.78 is 22.8. The van der Waals surface area contributed by atoms with Gasteiger partial charge in [-0.2, -0.15) is 5.10 Å². The molecule has 40 heavy (non-hydrogen) atoms. The van der Waals surface area contributed by atoms with E-state index in [1.54, 1.807) is 11.6 Å². The van der Waals surface area contributed by atoms with Crippen molar-refractivity contribution in [3.63, 3.8) is 0 Å². The normalized spacial score (nSPS) is 23.7. The standard InChI is InChI=1S/C30H41FN4O5/c1-19-13-22-9-7-5-6-8-10-23(37)11-12-30(31)15-25(29(39)32-20(2)17-40-4)34(18-30)26(38)16-35-28(22)24(14-19)27(33-35)21(3)36/h13-14,20,25H,5-12,15-18H2,1-4H3,(H,32,39)/t20-,25+,30-/m1/s1. The molecule has 2 bridgehead atoms. The number of hydrogen-bond acceptors (Lipinski definition) is 6. The number of nitrogens with zero attached hydrogens (tertiary/aromatic N) is 3. The van der Waals surface area contributed by atoms with Gasteiger partial charge in [0.1, 0.15) is 29.7 Å². The predicted molar refractivity (Wildman–Crippen MR) is 149 cm³/mol. The van der Waals surface area contributed by atoms with E-state index in [1.807, 2.05) is 13.0 Å². The van der Waals surface area contributed by atoms with Crippen LogP contribution in [0.1, 0.15) is 86.8 Å². The van der Waals surface area contributed by atoms with Crippen molar-refractivity contribution >= 4 is 34.3 Å². The van der Waals surface area contributed by atoms with Crippen LogP contribution in [0.4, 0.5) is 4.39 Å². The number of hydrogen-bond donors (Lipinski definition) is 1. The number of Topliss-reactive ketones (excluding diaryl/α,β-unsaturated/α-hetero) is 2. The van der Waals surface area contributed by atoms with Gasteiger partial charge in [0.2, 0.25) is 11.8 Å². The number of rotatable bonds is 5. The topological polar surface area (TPSA) is 111 Å². The van der Waals surface area contributed by atoms with Crippen molar-refractivity contribution in [3.05, 3.63) is 29.0 Å². The molecule has 2 aromatic rings. The first-order valence-corrected chi connectivity index (χ1v) is 14.3. The number of aryl methyl sites for hydroxylation is 2. The first kappa shape index (κ1) is 29.8. The lowest BCUT2D eigenvalue weighted by atomic mass is 9.93. The molecule has 1 N–H and O–H groups in total. The predicted octanol–water partition coefficient (Wildman–Crippen LogP) is 3.86. The van der Waals surface area contributed by atoms with Gasteiger partial charge in [-0.15, -0.1) is 0 Å².